The summed E-state index contributed by atoms with van der Waals surface area (Å²) >= 11 is 12.4. The molecule has 0 spiro atoms. The van der Waals surface area contributed by atoms with Crippen molar-refractivity contribution in [2.75, 3.05) is 13.1 Å². The van der Waals surface area contributed by atoms with Crippen LogP contribution in [0.3, 0.4) is 0 Å². The monoisotopic (exact) mass is 466 g/mol. The molecule has 2 aromatic carbocycles. The van der Waals surface area contributed by atoms with Gasteiger partial charge in [0.05, 0.1) is 11.6 Å². The van der Waals surface area contributed by atoms with Gasteiger partial charge in [0.1, 0.15) is 0 Å². The first-order valence-corrected chi connectivity index (χ1v) is 12.4. The number of hydrogen-bond donors (Lipinski definition) is 2. The van der Waals surface area contributed by atoms with Crippen LogP contribution < -0.4 is 0 Å². The van der Waals surface area contributed by atoms with Crippen LogP contribution in [0.2, 0.25) is 10.0 Å². The molecule has 0 bridgehead atoms. The quantitative estimate of drug-likeness (QED) is 0.433. The Labute approximate surface area is 199 Å². The van der Waals surface area contributed by atoms with Gasteiger partial charge in [0.25, 0.3) is 0 Å². The van der Waals surface area contributed by atoms with Crippen LogP contribution >= 0.6 is 23.2 Å². The van der Waals surface area contributed by atoms with Crippen molar-refractivity contribution in [1.82, 2.24) is 9.88 Å². The molecular formula is C27H28Cl2N2O. The molecule has 0 radical (unpaired) electrons. The Balaban J connectivity index is 1.30. The van der Waals surface area contributed by atoms with E-state index in [0.717, 1.165) is 49.9 Å². The molecule has 0 amide bonds. The second-order valence-corrected chi connectivity index (χ2v) is 11.0. The highest BCUT2D eigenvalue weighted by Crippen LogP contribution is 2.51. The first-order chi connectivity index (χ1) is 15.4. The molecule has 5 heteroatoms. The van der Waals surface area contributed by atoms with E-state index < -0.39 is 6.10 Å². The van der Waals surface area contributed by atoms with Gasteiger partial charge in [0.2, 0.25) is 0 Å². The maximum Gasteiger partial charge on any atom is 0.0756 e. The standard InChI is InChI=1S/C27H28Cl2N2O/c1-27-14-18-12-25(32)17(8-16-9-20(28)13-21(29)10-16)11-19(18)15-31(27)7-6-23-22-4-2-3-5-24(22)30-26(23)27/h2-5,8-10,13,18-19,25,30,32H,6-7,11-12,14-15H2,1H3/b17-8+/t18?,19?,25-,27-/m0/s1. The van der Waals surface area contributed by atoms with E-state index >= 15 is 0 Å². The summed E-state index contributed by atoms with van der Waals surface area (Å²) < 4.78 is 0. The number of piperidine rings is 1. The predicted octanol–water partition coefficient (Wildman–Crippen LogP) is 6.42. The van der Waals surface area contributed by atoms with Gasteiger partial charge >= 0.3 is 0 Å². The SMILES string of the molecule is C[C@@]12CC3C[C@H](O)/C(=C/c4cc(Cl)cc(Cl)c4)CC3CN1CCc1c2[nH]c2ccccc12. The third-order valence-corrected chi connectivity index (χ3v) is 8.59. The van der Waals surface area contributed by atoms with E-state index in [1.54, 1.807) is 6.07 Å². The van der Waals surface area contributed by atoms with Crippen LogP contribution in [-0.4, -0.2) is 34.2 Å². The van der Waals surface area contributed by atoms with Gasteiger partial charge in [-0.15, -0.1) is 0 Å². The molecule has 3 aliphatic rings. The number of aromatic amines is 1. The number of rotatable bonds is 1. The Morgan fingerprint density at radius 3 is 2.72 bits per heavy atom. The van der Waals surface area contributed by atoms with Crippen LogP contribution in [0.15, 0.2) is 48.0 Å². The summed E-state index contributed by atoms with van der Waals surface area (Å²) in [5, 5.41) is 13.7. The molecule has 2 N–H and O–H groups in total. The van der Waals surface area contributed by atoms with Gasteiger partial charge < -0.3 is 10.1 Å². The number of nitrogens with one attached hydrogen (secondary N) is 1. The zero-order valence-electron chi connectivity index (χ0n) is 18.2. The average Bonchev–Trinajstić information content (AvgIpc) is 3.13. The average molecular weight is 467 g/mol. The number of aliphatic hydroxyl groups excluding tert-OH is 1. The third kappa shape index (κ3) is 3.33. The summed E-state index contributed by atoms with van der Waals surface area (Å²) in [4.78, 5) is 6.47. The van der Waals surface area contributed by atoms with E-state index in [-0.39, 0.29) is 5.54 Å². The van der Waals surface area contributed by atoms with Gasteiger partial charge in [0.15, 0.2) is 0 Å². The molecular weight excluding hydrogens is 439 g/mol. The van der Waals surface area contributed by atoms with E-state index in [1.807, 2.05) is 12.1 Å². The summed E-state index contributed by atoms with van der Waals surface area (Å²) in [5.41, 5.74) is 6.22. The van der Waals surface area contributed by atoms with Crippen molar-refractivity contribution in [3.8, 4) is 0 Å². The van der Waals surface area contributed by atoms with E-state index in [1.165, 1.54) is 22.2 Å². The van der Waals surface area contributed by atoms with E-state index in [2.05, 4.69) is 47.1 Å². The summed E-state index contributed by atoms with van der Waals surface area (Å²) in [6.07, 6.45) is 5.63. The Hall–Kier alpha value is -1.78. The van der Waals surface area contributed by atoms with Crippen LogP contribution in [-0.2, 0) is 12.0 Å². The fourth-order valence-corrected chi connectivity index (χ4v) is 7.16. The highest BCUT2D eigenvalue weighted by Gasteiger charge is 2.49. The molecule has 1 saturated heterocycles. The number of aromatic nitrogens is 1. The van der Waals surface area contributed by atoms with Crippen LogP contribution in [0.4, 0.5) is 0 Å². The molecule has 3 heterocycles. The van der Waals surface area contributed by atoms with Crippen molar-refractivity contribution in [3.05, 3.63) is 74.9 Å². The molecule has 32 heavy (non-hydrogen) atoms. The van der Waals surface area contributed by atoms with Gasteiger partial charge in [-0.05, 0) is 85.4 Å². The van der Waals surface area contributed by atoms with Crippen LogP contribution in [0.1, 0.15) is 43.0 Å². The van der Waals surface area contributed by atoms with E-state index in [9.17, 15) is 5.11 Å². The van der Waals surface area contributed by atoms with Gasteiger partial charge in [-0.3, -0.25) is 4.90 Å². The number of para-hydroxylation sites is 1. The van der Waals surface area contributed by atoms with Crippen molar-refractivity contribution in [2.45, 2.75) is 44.2 Å². The maximum atomic E-state index is 11.0. The third-order valence-electron chi connectivity index (χ3n) is 8.15. The van der Waals surface area contributed by atoms with Gasteiger partial charge in [-0.1, -0.05) is 47.5 Å². The molecule has 3 nitrogen and oxygen atoms in total. The molecule has 2 fully saturated rings. The Morgan fingerprint density at radius 2 is 1.91 bits per heavy atom. The van der Waals surface area contributed by atoms with Gasteiger partial charge in [-0.25, -0.2) is 0 Å². The highest BCUT2D eigenvalue weighted by atomic mass is 35.5. The van der Waals surface area contributed by atoms with Crippen molar-refractivity contribution < 1.29 is 5.11 Å². The number of nitrogens with zero attached hydrogens (tertiary/aromatic N) is 1. The molecule has 1 saturated carbocycles. The lowest BCUT2D eigenvalue weighted by Gasteiger charge is -2.55. The molecule has 2 aliphatic heterocycles. The highest BCUT2D eigenvalue weighted by molar-refractivity contribution is 6.34. The lowest BCUT2D eigenvalue weighted by atomic mass is 9.64. The molecule has 2 unspecified atom stereocenters. The Kier molecular flexibility index (Phi) is 4.96. The first kappa shape index (κ1) is 20.8. The minimum Gasteiger partial charge on any atom is -0.389 e. The smallest absolute Gasteiger partial charge is 0.0756 e. The lowest BCUT2D eigenvalue weighted by molar-refractivity contribution is -0.0402. The van der Waals surface area contributed by atoms with Crippen molar-refractivity contribution in [3.63, 3.8) is 0 Å². The number of halogens is 2. The molecule has 166 valence electrons. The maximum absolute atomic E-state index is 11.0. The van der Waals surface area contributed by atoms with Gasteiger partial charge in [0, 0.05) is 39.7 Å². The zero-order valence-corrected chi connectivity index (χ0v) is 19.8. The molecule has 3 aromatic rings. The van der Waals surface area contributed by atoms with Crippen molar-refractivity contribution in [2.24, 2.45) is 11.8 Å². The number of aliphatic hydroxyl groups is 1. The largest absolute Gasteiger partial charge is 0.389 e. The second-order valence-electron chi connectivity index (χ2n) is 10.1. The topological polar surface area (TPSA) is 39.3 Å². The number of hydrogen-bond acceptors (Lipinski definition) is 2. The van der Waals surface area contributed by atoms with E-state index in [0.29, 0.717) is 21.9 Å². The molecule has 6 rings (SSSR count). The summed E-state index contributed by atoms with van der Waals surface area (Å²) in [6, 6.07) is 14.3. The molecule has 4 atom stereocenters. The minimum absolute atomic E-state index is 0.00912. The lowest BCUT2D eigenvalue weighted by Crippen LogP contribution is -2.57. The number of fused-ring (bicyclic) bond motifs is 6. The van der Waals surface area contributed by atoms with Gasteiger partial charge in [-0.2, -0.15) is 0 Å². The van der Waals surface area contributed by atoms with Crippen molar-refractivity contribution >= 4 is 40.2 Å². The fourth-order valence-electron chi connectivity index (χ4n) is 6.62. The second kappa shape index (κ2) is 7.63. The fraction of sp³-hybridized carbons (Fsp3) is 0.407. The minimum atomic E-state index is -0.407. The predicted molar refractivity (Wildman–Crippen MR) is 132 cm³/mol. The normalized spacial score (nSPS) is 31.4. The Morgan fingerprint density at radius 1 is 1.12 bits per heavy atom. The van der Waals surface area contributed by atoms with Crippen LogP contribution in [0, 0.1) is 11.8 Å². The Bertz CT molecular complexity index is 1210. The summed E-state index contributed by atoms with van der Waals surface area (Å²) in [6.45, 7) is 4.58. The summed E-state index contributed by atoms with van der Waals surface area (Å²) in [5.74, 6) is 1.09. The van der Waals surface area contributed by atoms with Crippen molar-refractivity contribution in [1.29, 1.82) is 0 Å². The molecule has 1 aliphatic carbocycles. The van der Waals surface area contributed by atoms with E-state index in [4.69, 9.17) is 23.2 Å². The number of H-pyrrole nitrogens is 1. The number of benzene rings is 2. The zero-order chi connectivity index (χ0) is 22.0. The molecule has 1 aromatic heterocycles. The van der Waals surface area contributed by atoms with Crippen LogP contribution in [0.5, 0.6) is 0 Å². The van der Waals surface area contributed by atoms with Crippen LogP contribution in [0.25, 0.3) is 17.0 Å². The first-order valence-electron chi connectivity index (χ1n) is 11.6. The summed E-state index contributed by atoms with van der Waals surface area (Å²) in [7, 11) is 0.